The van der Waals surface area contributed by atoms with Gasteiger partial charge >= 0.3 is 0 Å². The number of hydrogen-bond acceptors (Lipinski definition) is 4. The number of aliphatic imine (C=N–C) groups is 1. The number of nitrogens with one attached hydrogen (secondary N) is 1. The van der Waals surface area contributed by atoms with Gasteiger partial charge in [-0.1, -0.05) is 18.3 Å². The van der Waals surface area contributed by atoms with Gasteiger partial charge in [0.25, 0.3) is 0 Å². The molecule has 0 bridgehead atoms. The zero-order chi connectivity index (χ0) is 12.2. The van der Waals surface area contributed by atoms with Crippen LogP contribution >= 0.6 is 35.3 Å². The van der Waals surface area contributed by atoms with Crippen LogP contribution in [-0.2, 0) is 13.0 Å². The average molecular weight is 369 g/mol. The molecule has 0 aromatic carbocycles. The van der Waals surface area contributed by atoms with E-state index in [-0.39, 0.29) is 29.5 Å². The smallest absolute Gasteiger partial charge is 0.189 e. The minimum atomic E-state index is -0.0662. The van der Waals surface area contributed by atoms with Crippen LogP contribution in [0.5, 0.6) is 0 Å². The molecule has 7 heteroatoms. The standard InChI is InChI=1S/C10H19N5S.HI/c1-5-7-14-15-8(16-7)6-12-9(11)13-10(2,3)4;/h5-6H2,1-4H3,(H3,11,12,13);1H. The molecule has 0 fully saturated rings. The molecule has 1 rings (SSSR count). The first kappa shape index (κ1) is 16.6. The normalized spacial score (nSPS) is 12.1. The third kappa shape index (κ3) is 6.77. The Hall–Kier alpha value is -0.440. The molecular formula is C10H20IN5S. The monoisotopic (exact) mass is 369 g/mol. The van der Waals surface area contributed by atoms with E-state index in [9.17, 15) is 0 Å². The van der Waals surface area contributed by atoms with Crippen LogP contribution < -0.4 is 11.1 Å². The molecule has 0 aliphatic heterocycles. The number of hydrogen-bond donors (Lipinski definition) is 2. The lowest BCUT2D eigenvalue weighted by molar-refractivity contribution is 0.508. The predicted molar refractivity (Wildman–Crippen MR) is 82.9 cm³/mol. The first-order valence-electron chi connectivity index (χ1n) is 5.30. The van der Waals surface area contributed by atoms with E-state index in [0.717, 1.165) is 16.4 Å². The van der Waals surface area contributed by atoms with E-state index in [1.165, 1.54) is 0 Å². The van der Waals surface area contributed by atoms with Crippen molar-refractivity contribution in [2.45, 2.75) is 46.2 Å². The zero-order valence-electron chi connectivity index (χ0n) is 10.6. The van der Waals surface area contributed by atoms with Gasteiger partial charge in [-0.3, -0.25) is 0 Å². The second kappa shape index (κ2) is 7.10. The van der Waals surface area contributed by atoms with Gasteiger partial charge in [-0.05, 0) is 27.2 Å². The Morgan fingerprint density at radius 2 is 1.94 bits per heavy atom. The summed E-state index contributed by atoms with van der Waals surface area (Å²) in [6.45, 7) is 8.66. The van der Waals surface area contributed by atoms with Crippen LogP contribution in [0.25, 0.3) is 0 Å². The average Bonchev–Trinajstić information content (AvgIpc) is 2.59. The minimum Gasteiger partial charge on any atom is -0.370 e. The molecule has 0 amide bonds. The van der Waals surface area contributed by atoms with Crippen molar-refractivity contribution in [3.05, 3.63) is 10.0 Å². The van der Waals surface area contributed by atoms with Crippen molar-refractivity contribution < 1.29 is 0 Å². The summed E-state index contributed by atoms with van der Waals surface area (Å²) in [4.78, 5) is 4.22. The molecule has 0 unspecified atom stereocenters. The van der Waals surface area contributed by atoms with Crippen LogP contribution in [0.15, 0.2) is 4.99 Å². The molecule has 1 aromatic heterocycles. The summed E-state index contributed by atoms with van der Waals surface area (Å²) in [7, 11) is 0. The molecule has 17 heavy (non-hydrogen) atoms. The van der Waals surface area contributed by atoms with Gasteiger partial charge in [0, 0.05) is 5.54 Å². The minimum absolute atomic E-state index is 0. The number of rotatable bonds is 3. The number of aryl methyl sites for hydroxylation is 1. The zero-order valence-corrected chi connectivity index (χ0v) is 13.8. The van der Waals surface area contributed by atoms with Crippen molar-refractivity contribution >= 4 is 41.3 Å². The van der Waals surface area contributed by atoms with E-state index in [0.29, 0.717) is 12.5 Å². The summed E-state index contributed by atoms with van der Waals surface area (Å²) < 4.78 is 0. The Morgan fingerprint density at radius 1 is 1.35 bits per heavy atom. The first-order valence-corrected chi connectivity index (χ1v) is 6.11. The number of nitrogens with two attached hydrogens (primary N) is 1. The van der Waals surface area contributed by atoms with Gasteiger partial charge in [-0.25, -0.2) is 4.99 Å². The van der Waals surface area contributed by atoms with Crippen molar-refractivity contribution in [1.82, 2.24) is 15.5 Å². The lowest BCUT2D eigenvalue weighted by atomic mass is 10.1. The Kier molecular flexibility index (Phi) is 6.91. The lowest BCUT2D eigenvalue weighted by Crippen LogP contribution is -2.44. The quantitative estimate of drug-likeness (QED) is 0.485. The van der Waals surface area contributed by atoms with Gasteiger partial charge in [0.1, 0.15) is 10.0 Å². The molecule has 0 saturated carbocycles. The highest BCUT2D eigenvalue weighted by Gasteiger charge is 2.09. The molecule has 1 heterocycles. The van der Waals surface area contributed by atoms with Crippen LogP contribution in [0.2, 0.25) is 0 Å². The Bertz CT molecular complexity index is 369. The van der Waals surface area contributed by atoms with Gasteiger partial charge in [0.05, 0.1) is 6.54 Å². The SMILES string of the molecule is CCc1nnc(CN=C(N)NC(C)(C)C)s1.I. The third-order valence-corrected chi connectivity index (χ3v) is 2.75. The summed E-state index contributed by atoms with van der Waals surface area (Å²) in [5.74, 6) is 0.445. The molecule has 0 atom stereocenters. The molecule has 0 radical (unpaired) electrons. The molecular weight excluding hydrogens is 349 g/mol. The second-order valence-corrected chi connectivity index (χ2v) is 5.67. The number of guanidine groups is 1. The fraction of sp³-hybridized carbons (Fsp3) is 0.700. The third-order valence-electron chi connectivity index (χ3n) is 1.70. The molecule has 0 spiro atoms. The number of aromatic nitrogens is 2. The molecule has 3 N–H and O–H groups in total. The highest BCUT2D eigenvalue weighted by molar-refractivity contribution is 14.0. The van der Waals surface area contributed by atoms with Crippen LogP contribution in [0.4, 0.5) is 0 Å². The van der Waals surface area contributed by atoms with Gasteiger partial charge in [0.15, 0.2) is 5.96 Å². The highest BCUT2D eigenvalue weighted by atomic mass is 127. The van der Waals surface area contributed by atoms with Crippen molar-refractivity contribution in [2.75, 3.05) is 0 Å². The Labute approximate surface area is 123 Å². The Morgan fingerprint density at radius 3 is 2.41 bits per heavy atom. The topological polar surface area (TPSA) is 76.2 Å². The first-order chi connectivity index (χ1) is 7.40. The summed E-state index contributed by atoms with van der Waals surface area (Å²) in [5, 5.41) is 13.1. The van der Waals surface area contributed by atoms with Crippen molar-refractivity contribution in [2.24, 2.45) is 10.7 Å². The van der Waals surface area contributed by atoms with Crippen LogP contribution in [0, 0.1) is 0 Å². The fourth-order valence-corrected chi connectivity index (χ4v) is 1.78. The second-order valence-electron chi connectivity index (χ2n) is 4.52. The largest absolute Gasteiger partial charge is 0.370 e. The number of nitrogens with zero attached hydrogens (tertiary/aromatic N) is 3. The molecule has 0 saturated heterocycles. The van der Waals surface area contributed by atoms with Gasteiger partial charge in [-0.2, -0.15) is 0 Å². The number of halogens is 1. The van der Waals surface area contributed by atoms with E-state index < -0.39 is 0 Å². The van der Waals surface area contributed by atoms with Crippen molar-refractivity contribution in [3.8, 4) is 0 Å². The Balaban J connectivity index is 0.00000256. The molecule has 5 nitrogen and oxygen atoms in total. The van der Waals surface area contributed by atoms with Crippen molar-refractivity contribution in [3.63, 3.8) is 0 Å². The van der Waals surface area contributed by atoms with Crippen molar-refractivity contribution in [1.29, 1.82) is 0 Å². The fourth-order valence-electron chi connectivity index (χ4n) is 1.07. The van der Waals surface area contributed by atoms with E-state index >= 15 is 0 Å². The summed E-state index contributed by atoms with van der Waals surface area (Å²) >= 11 is 1.58. The maximum atomic E-state index is 5.74. The highest BCUT2D eigenvalue weighted by Crippen LogP contribution is 2.10. The van der Waals surface area contributed by atoms with Crippen LogP contribution in [0.3, 0.4) is 0 Å². The molecule has 0 aliphatic rings. The maximum absolute atomic E-state index is 5.74. The predicted octanol–water partition coefficient (Wildman–Crippen LogP) is 1.92. The maximum Gasteiger partial charge on any atom is 0.189 e. The summed E-state index contributed by atoms with van der Waals surface area (Å²) in [5.41, 5.74) is 5.68. The molecule has 1 aromatic rings. The van der Waals surface area contributed by atoms with Crippen LogP contribution in [-0.4, -0.2) is 21.7 Å². The van der Waals surface area contributed by atoms with Gasteiger partial charge < -0.3 is 11.1 Å². The van der Waals surface area contributed by atoms with Crippen LogP contribution in [0.1, 0.15) is 37.7 Å². The van der Waals surface area contributed by atoms with Gasteiger partial charge in [0.2, 0.25) is 0 Å². The molecule has 98 valence electrons. The summed E-state index contributed by atoms with van der Waals surface area (Å²) in [6.07, 6.45) is 0.914. The van der Waals surface area contributed by atoms with Gasteiger partial charge in [-0.15, -0.1) is 34.2 Å². The van der Waals surface area contributed by atoms with E-state index in [1.54, 1.807) is 11.3 Å². The molecule has 0 aliphatic carbocycles. The lowest BCUT2D eigenvalue weighted by Gasteiger charge is -2.20. The van der Waals surface area contributed by atoms with E-state index in [2.05, 4.69) is 27.4 Å². The van der Waals surface area contributed by atoms with E-state index in [1.807, 2.05) is 20.8 Å². The van der Waals surface area contributed by atoms with E-state index in [4.69, 9.17) is 5.73 Å². The summed E-state index contributed by atoms with van der Waals surface area (Å²) in [6, 6.07) is 0.